The van der Waals surface area contributed by atoms with Gasteiger partial charge in [-0.15, -0.1) is 0 Å². The van der Waals surface area contributed by atoms with E-state index in [2.05, 4.69) is 117 Å². The number of nitrogens with zero attached hydrogens (tertiary/aromatic N) is 3. The predicted molar refractivity (Wildman–Crippen MR) is 188 cm³/mol. The van der Waals surface area contributed by atoms with E-state index in [9.17, 15) is 0 Å². The number of aromatic nitrogens is 3. The lowest BCUT2D eigenvalue weighted by molar-refractivity contribution is 0.870. The van der Waals surface area contributed by atoms with E-state index in [0.29, 0.717) is 12.4 Å². The first-order valence-electron chi connectivity index (χ1n) is 15.4. The van der Waals surface area contributed by atoms with Crippen molar-refractivity contribution in [2.45, 2.75) is 12.6 Å². The Kier molecular flexibility index (Phi) is 8.39. The van der Waals surface area contributed by atoms with Gasteiger partial charge in [0.05, 0.1) is 6.04 Å². The molecule has 7 aromatic rings. The van der Waals surface area contributed by atoms with Crippen LogP contribution in [0.5, 0.6) is 0 Å². The number of nitrogens with two attached hydrogens (primary N) is 1. The summed E-state index contributed by atoms with van der Waals surface area (Å²) in [5, 5.41) is 3.77. The molecule has 0 saturated carbocycles. The summed E-state index contributed by atoms with van der Waals surface area (Å²) in [4.78, 5) is 13.0. The fraction of sp³-hybridized carbons (Fsp3) is 0.0488. The second kappa shape index (κ2) is 13.4. The number of rotatable bonds is 9. The molecule has 1 unspecified atom stereocenters. The first-order valence-corrected chi connectivity index (χ1v) is 15.4. The summed E-state index contributed by atoms with van der Waals surface area (Å²) >= 11 is 0. The van der Waals surface area contributed by atoms with Gasteiger partial charge < -0.3 is 11.1 Å². The molecule has 46 heavy (non-hydrogen) atoms. The van der Waals surface area contributed by atoms with Crippen molar-refractivity contribution < 1.29 is 0 Å². The molecule has 0 aliphatic carbocycles. The van der Waals surface area contributed by atoms with Crippen LogP contribution in [0.2, 0.25) is 0 Å². The standard InChI is InChI=1S/C41H33N5/c42-40(33-10-5-2-6-11-33)38-17-16-35(30-8-3-1-4-9-30)27-39(38)46-28-29-24-36(26-37(25-29)32-18-22-43-23-19-32)31-12-14-34(15-13-31)41-44-20-7-21-45-41/h1-27,40,46H,28,42H2. The largest absolute Gasteiger partial charge is 0.381 e. The minimum Gasteiger partial charge on any atom is -0.381 e. The summed E-state index contributed by atoms with van der Waals surface area (Å²) in [5.74, 6) is 0.715. The van der Waals surface area contributed by atoms with Crippen LogP contribution in [-0.4, -0.2) is 15.0 Å². The highest BCUT2D eigenvalue weighted by atomic mass is 14.9. The van der Waals surface area contributed by atoms with Crippen molar-refractivity contribution in [3.63, 3.8) is 0 Å². The zero-order chi connectivity index (χ0) is 31.1. The van der Waals surface area contributed by atoms with E-state index in [1.807, 2.05) is 54.9 Å². The molecule has 1 atom stereocenters. The third-order valence-electron chi connectivity index (χ3n) is 8.19. The Labute approximate surface area is 269 Å². The van der Waals surface area contributed by atoms with Crippen LogP contribution in [0.15, 0.2) is 164 Å². The molecule has 0 spiro atoms. The molecule has 222 valence electrons. The van der Waals surface area contributed by atoms with Gasteiger partial charge in [-0.1, -0.05) is 97.1 Å². The number of hydrogen-bond donors (Lipinski definition) is 2. The summed E-state index contributed by atoms with van der Waals surface area (Å²) in [7, 11) is 0. The van der Waals surface area contributed by atoms with Gasteiger partial charge in [0.25, 0.3) is 0 Å². The van der Waals surface area contributed by atoms with Crippen molar-refractivity contribution in [2.75, 3.05) is 5.32 Å². The van der Waals surface area contributed by atoms with Gasteiger partial charge in [0.2, 0.25) is 0 Å². The lowest BCUT2D eigenvalue weighted by Gasteiger charge is -2.20. The molecule has 0 fully saturated rings. The fourth-order valence-corrected chi connectivity index (χ4v) is 5.76. The Morgan fingerprint density at radius 1 is 0.500 bits per heavy atom. The van der Waals surface area contributed by atoms with Gasteiger partial charge in [-0.05, 0) is 92.5 Å². The van der Waals surface area contributed by atoms with E-state index >= 15 is 0 Å². The van der Waals surface area contributed by atoms with Crippen molar-refractivity contribution in [3.8, 4) is 44.8 Å². The minimum atomic E-state index is -0.264. The maximum absolute atomic E-state index is 6.87. The summed E-state index contributed by atoms with van der Waals surface area (Å²) in [6.07, 6.45) is 7.20. The summed E-state index contributed by atoms with van der Waals surface area (Å²) in [6, 6.07) is 48.0. The molecule has 3 N–H and O–H groups in total. The van der Waals surface area contributed by atoms with Crippen LogP contribution in [0, 0.1) is 0 Å². The van der Waals surface area contributed by atoms with Gasteiger partial charge in [0.1, 0.15) is 0 Å². The zero-order valence-electron chi connectivity index (χ0n) is 25.3. The quantitative estimate of drug-likeness (QED) is 0.174. The van der Waals surface area contributed by atoms with E-state index in [1.165, 1.54) is 0 Å². The van der Waals surface area contributed by atoms with E-state index in [-0.39, 0.29) is 6.04 Å². The monoisotopic (exact) mass is 595 g/mol. The number of anilines is 1. The average Bonchev–Trinajstić information content (AvgIpc) is 3.15. The number of pyridine rings is 1. The molecule has 2 aromatic heterocycles. The maximum atomic E-state index is 6.87. The topological polar surface area (TPSA) is 76.7 Å². The van der Waals surface area contributed by atoms with Gasteiger partial charge >= 0.3 is 0 Å². The van der Waals surface area contributed by atoms with E-state index in [0.717, 1.165) is 61.3 Å². The lowest BCUT2D eigenvalue weighted by atomic mass is 9.94. The molecule has 2 heterocycles. The van der Waals surface area contributed by atoms with Crippen LogP contribution < -0.4 is 11.1 Å². The Bertz CT molecular complexity index is 2030. The van der Waals surface area contributed by atoms with Gasteiger partial charge in [0, 0.05) is 42.6 Å². The van der Waals surface area contributed by atoms with Gasteiger partial charge in [-0.25, -0.2) is 9.97 Å². The van der Waals surface area contributed by atoms with Crippen LogP contribution in [0.4, 0.5) is 5.69 Å². The Morgan fingerprint density at radius 3 is 1.78 bits per heavy atom. The Balaban J connectivity index is 1.25. The Morgan fingerprint density at radius 2 is 1.09 bits per heavy atom. The van der Waals surface area contributed by atoms with Crippen molar-refractivity contribution in [2.24, 2.45) is 5.73 Å². The average molecular weight is 596 g/mol. The smallest absolute Gasteiger partial charge is 0.159 e. The van der Waals surface area contributed by atoms with Crippen LogP contribution in [0.1, 0.15) is 22.7 Å². The second-order valence-corrected chi connectivity index (χ2v) is 11.2. The molecule has 0 amide bonds. The third kappa shape index (κ3) is 6.46. The molecular weight excluding hydrogens is 562 g/mol. The van der Waals surface area contributed by atoms with Crippen molar-refractivity contribution in [3.05, 3.63) is 181 Å². The van der Waals surface area contributed by atoms with Crippen molar-refractivity contribution >= 4 is 5.69 Å². The molecule has 7 rings (SSSR count). The highest BCUT2D eigenvalue weighted by Gasteiger charge is 2.15. The molecule has 5 heteroatoms. The van der Waals surface area contributed by atoms with Crippen molar-refractivity contribution in [1.82, 2.24) is 15.0 Å². The highest BCUT2D eigenvalue weighted by molar-refractivity contribution is 5.76. The summed E-state index contributed by atoms with van der Waals surface area (Å²) in [5.41, 5.74) is 19.0. The number of nitrogens with one attached hydrogen (secondary N) is 1. The Hall–Kier alpha value is -5.91. The molecule has 0 bridgehead atoms. The zero-order valence-corrected chi connectivity index (χ0v) is 25.3. The fourth-order valence-electron chi connectivity index (χ4n) is 5.76. The van der Waals surface area contributed by atoms with Gasteiger partial charge in [-0.3, -0.25) is 4.98 Å². The van der Waals surface area contributed by atoms with E-state index in [4.69, 9.17) is 5.73 Å². The first-order chi connectivity index (χ1) is 22.7. The minimum absolute atomic E-state index is 0.264. The predicted octanol–water partition coefficient (Wildman–Crippen LogP) is 9.20. The van der Waals surface area contributed by atoms with E-state index in [1.54, 1.807) is 12.4 Å². The normalized spacial score (nSPS) is 11.6. The molecule has 5 aromatic carbocycles. The van der Waals surface area contributed by atoms with E-state index < -0.39 is 0 Å². The van der Waals surface area contributed by atoms with Crippen LogP contribution in [0.3, 0.4) is 0 Å². The molecule has 0 radical (unpaired) electrons. The van der Waals surface area contributed by atoms with Crippen LogP contribution in [0.25, 0.3) is 44.8 Å². The molecular formula is C41H33N5. The molecule has 5 nitrogen and oxygen atoms in total. The third-order valence-corrected chi connectivity index (χ3v) is 8.19. The van der Waals surface area contributed by atoms with Crippen molar-refractivity contribution in [1.29, 1.82) is 0 Å². The summed E-state index contributed by atoms with van der Waals surface area (Å²) in [6.45, 7) is 0.620. The van der Waals surface area contributed by atoms with Crippen LogP contribution >= 0.6 is 0 Å². The SMILES string of the molecule is NC(c1ccccc1)c1ccc(-c2ccccc2)cc1NCc1cc(-c2ccncc2)cc(-c2ccc(-c3ncccn3)cc2)c1. The first kappa shape index (κ1) is 28.8. The van der Waals surface area contributed by atoms with Crippen LogP contribution in [-0.2, 0) is 6.54 Å². The van der Waals surface area contributed by atoms with Gasteiger partial charge in [0.15, 0.2) is 5.82 Å². The molecule has 0 aliphatic rings. The van der Waals surface area contributed by atoms with Gasteiger partial charge in [-0.2, -0.15) is 0 Å². The second-order valence-electron chi connectivity index (χ2n) is 11.2. The number of hydrogen-bond acceptors (Lipinski definition) is 5. The number of benzene rings is 5. The highest BCUT2D eigenvalue weighted by Crippen LogP contribution is 2.33. The summed E-state index contributed by atoms with van der Waals surface area (Å²) < 4.78 is 0. The lowest BCUT2D eigenvalue weighted by Crippen LogP contribution is -2.15. The molecule has 0 saturated heterocycles. The maximum Gasteiger partial charge on any atom is 0.159 e. The molecule has 0 aliphatic heterocycles.